The van der Waals surface area contributed by atoms with Crippen LogP contribution in [0.25, 0.3) is 11.0 Å². The van der Waals surface area contributed by atoms with Gasteiger partial charge in [0.25, 0.3) is 5.56 Å². The number of hydrogen-bond acceptors (Lipinski definition) is 5. The van der Waals surface area contributed by atoms with Gasteiger partial charge < -0.3 is 0 Å². The van der Waals surface area contributed by atoms with Crippen LogP contribution in [0.3, 0.4) is 0 Å². The van der Waals surface area contributed by atoms with E-state index in [1.54, 1.807) is 7.05 Å². The van der Waals surface area contributed by atoms with Gasteiger partial charge in [-0.15, -0.1) is 11.8 Å². The quantitative estimate of drug-likeness (QED) is 0.637. The molecule has 0 amide bonds. The zero-order valence-electron chi connectivity index (χ0n) is 13.1. The fourth-order valence-corrected chi connectivity index (χ4v) is 3.81. The first-order valence-electron chi connectivity index (χ1n) is 7.65. The Morgan fingerprint density at radius 2 is 1.82 bits per heavy atom. The Kier molecular flexibility index (Phi) is 4.08. The maximum atomic E-state index is 12.5. The van der Waals surface area contributed by atoms with Crippen LogP contribution in [0, 0.1) is 0 Å². The standard InChI is InChI=1S/C15H20N4O2S/c1-4-22-13-10-12(18(2)15(21)19(3)14(10)20)16-11(17-13)9-7-5-6-8-9/h9H,4-8H2,1-3H3. The normalized spacial score (nSPS) is 15.8. The summed E-state index contributed by atoms with van der Waals surface area (Å²) in [5.74, 6) is 1.95. The Morgan fingerprint density at radius 3 is 2.45 bits per heavy atom. The van der Waals surface area contributed by atoms with Crippen molar-refractivity contribution in [3.05, 3.63) is 26.7 Å². The Labute approximate surface area is 132 Å². The zero-order chi connectivity index (χ0) is 15.9. The van der Waals surface area contributed by atoms with Crippen LogP contribution in [-0.2, 0) is 14.1 Å². The van der Waals surface area contributed by atoms with Crippen molar-refractivity contribution in [2.45, 2.75) is 43.6 Å². The maximum Gasteiger partial charge on any atom is 0.332 e. The van der Waals surface area contributed by atoms with Gasteiger partial charge in [-0.2, -0.15) is 0 Å². The summed E-state index contributed by atoms with van der Waals surface area (Å²) >= 11 is 1.54. The van der Waals surface area contributed by atoms with Gasteiger partial charge in [0.15, 0.2) is 5.65 Å². The van der Waals surface area contributed by atoms with E-state index < -0.39 is 0 Å². The Bertz CT molecular complexity index is 834. The SMILES string of the molecule is CCSc1nc(C2CCCC2)nc2c1c(=O)n(C)c(=O)n2C. The van der Waals surface area contributed by atoms with E-state index in [4.69, 9.17) is 0 Å². The molecule has 22 heavy (non-hydrogen) atoms. The minimum Gasteiger partial charge on any atom is -0.280 e. The lowest BCUT2D eigenvalue weighted by atomic mass is 10.1. The first-order valence-corrected chi connectivity index (χ1v) is 8.63. The molecule has 6 nitrogen and oxygen atoms in total. The molecule has 0 N–H and O–H groups in total. The average Bonchev–Trinajstić information content (AvgIpc) is 3.05. The molecule has 7 heteroatoms. The summed E-state index contributed by atoms with van der Waals surface area (Å²) in [5, 5.41) is 1.16. The topological polar surface area (TPSA) is 69.8 Å². The highest BCUT2D eigenvalue weighted by atomic mass is 32.2. The molecule has 2 aromatic rings. The van der Waals surface area contributed by atoms with E-state index in [-0.39, 0.29) is 11.2 Å². The number of aryl methyl sites for hydroxylation is 1. The molecular formula is C15H20N4O2S. The molecule has 0 unspecified atom stereocenters. The minimum atomic E-state index is -0.346. The van der Waals surface area contributed by atoms with Gasteiger partial charge in [-0.25, -0.2) is 14.8 Å². The van der Waals surface area contributed by atoms with Crippen LogP contribution in [0.2, 0.25) is 0 Å². The summed E-state index contributed by atoms with van der Waals surface area (Å²) in [5.41, 5.74) is -0.200. The highest BCUT2D eigenvalue weighted by Gasteiger charge is 2.23. The fourth-order valence-electron chi connectivity index (χ4n) is 3.05. The van der Waals surface area contributed by atoms with Gasteiger partial charge in [-0.05, 0) is 18.6 Å². The van der Waals surface area contributed by atoms with Crippen molar-refractivity contribution in [1.82, 2.24) is 19.1 Å². The molecule has 1 fully saturated rings. The van der Waals surface area contributed by atoms with Gasteiger partial charge in [0, 0.05) is 20.0 Å². The number of thioether (sulfide) groups is 1. The second-order valence-corrected chi connectivity index (χ2v) is 6.96. The lowest BCUT2D eigenvalue weighted by Gasteiger charge is -2.14. The largest absolute Gasteiger partial charge is 0.332 e. The molecule has 1 aliphatic rings. The minimum absolute atomic E-state index is 0.313. The summed E-state index contributed by atoms with van der Waals surface area (Å²) in [6.07, 6.45) is 4.55. The van der Waals surface area contributed by atoms with E-state index in [1.807, 2.05) is 6.92 Å². The third-order valence-corrected chi connectivity index (χ3v) is 5.14. The second-order valence-electron chi connectivity index (χ2n) is 5.71. The summed E-state index contributed by atoms with van der Waals surface area (Å²) in [4.78, 5) is 33.9. The molecule has 0 aliphatic heterocycles. The van der Waals surface area contributed by atoms with Gasteiger partial charge in [0.05, 0.1) is 0 Å². The predicted octanol–water partition coefficient (Wildman–Crippen LogP) is 1.80. The Morgan fingerprint density at radius 1 is 1.14 bits per heavy atom. The highest BCUT2D eigenvalue weighted by molar-refractivity contribution is 7.99. The van der Waals surface area contributed by atoms with E-state index in [0.29, 0.717) is 22.0 Å². The van der Waals surface area contributed by atoms with Crippen molar-refractivity contribution >= 4 is 22.8 Å². The maximum absolute atomic E-state index is 12.5. The fraction of sp³-hybridized carbons (Fsp3) is 0.600. The summed E-state index contributed by atoms with van der Waals surface area (Å²) in [6, 6.07) is 0. The van der Waals surface area contributed by atoms with Crippen LogP contribution < -0.4 is 11.2 Å². The van der Waals surface area contributed by atoms with E-state index in [9.17, 15) is 9.59 Å². The molecular weight excluding hydrogens is 300 g/mol. The van der Waals surface area contributed by atoms with Crippen molar-refractivity contribution < 1.29 is 0 Å². The van der Waals surface area contributed by atoms with Gasteiger partial charge >= 0.3 is 5.69 Å². The molecule has 0 bridgehead atoms. The van der Waals surface area contributed by atoms with Crippen molar-refractivity contribution in [3.63, 3.8) is 0 Å². The molecule has 0 atom stereocenters. The van der Waals surface area contributed by atoms with E-state index in [1.165, 1.54) is 36.2 Å². The van der Waals surface area contributed by atoms with Crippen molar-refractivity contribution in [3.8, 4) is 0 Å². The first kappa shape index (κ1) is 15.3. The van der Waals surface area contributed by atoms with Crippen molar-refractivity contribution in [2.75, 3.05) is 5.75 Å². The number of aromatic nitrogens is 4. The molecule has 2 aromatic heterocycles. The highest BCUT2D eigenvalue weighted by Crippen LogP contribution is 2.34. The van der Waals surface area contributed by atoms with Crippen LogP contribution in [0.15, 0.2) is 14.6 Å². The van der Waals surface area contributed by atoms with Crippen molar-refractivity contribution in [2.24, 2.45) is 14.1 Å². The van der Waals surface area contributed by atoms with Crippen LogP contribution in [0.5, 0.6) is 0 Å². The zero-order valence-corrected chi connectivity index (χ0v) is 13.9. The monoisotopic (exact) mass is 320 g/mol. The second kappa shape index (κ2) is 5.87. The van der Waals surface area contributed by atoms with E-state index in [2.05, 4.69) is 9.97 Å². The molecule has 1 aliphatic carbocycles. The smallest absolute Gasteiger partial charge is 0.280 e. The molecule has 0 aromatic carbocycles. The number of rotatable bonds is 3. The summed E-state index contributed by atoms with van der Waals surface area (Å²) in [7, 11) is 3.16. The van der Waals surface area contributed by atoms with Gasteiger partial charge in [0.1, 0.15) is 16.2 Å². The van der Waals surface area contributed by atoms with Crippen LogP contribution in [0.1, 0.15) is 44.3 Å². The summed E-state index contributed by atoms with van der Waals surface area (Å²) < 4.78 is 2.58. The average molecular weight is 320 g/mol. The number of nitrogens with zero attached hydrogens (tertiary/aromatic N) is 4. The third-order valence-electron chi connectivity index (χ3n) is 4.29. The van der Waals surface area contributed by atoms with E-state index in [0.717, 1.165) is 29.0 Å². The predicted molar refractivity (Wildman–Crippen MR) is 87.6 cm³/mol. The molecule has 118 valence electrons. The van der Waals surface area contributed by atoms with Gasteiger partial charge in [0.2, 0.25) is 0 Å². The van der Waals surface area contributed by atoms with Crippen molar-refractivity contribution in [1.29, 1.82) is 0 Å². The molecule has 3 rings (SSSR count). The van der Waals surface area contributed by atoms with Gasteiger partial charge in [-0.1, -0.05) is 19.8 Å². The lowest BCUT2D eigenvalue weighted by molar-refractivity contribution is 0.648. The molecule has 2 heterocycles. The Hall–Kier alpha value is -1.63. The molecule has 0 saturated heterocycles. The van der Waals surface area contributed by atoms with E-state index >= 15 is 0 Å². The number of fused-ring (bicyclic) bond motifs is 1. The number of hydrogen-bond donors (Lipinski definition) is 0. The molecule has 1 saturated carbocycles. The van der Waals surface area contributed by atoms with Crippen LogP contribution >= 0.6 is 11.8 Å². The van der Waals surface area contributed by atoms with Gasteiger partial charge in [-0.3, -0.25) is 13.9 Å². The summed E-state index contributed by atoms with van der Waals surface area (Å²) in [6.45, 7) is 2.03. The third kappa shape index (κ3) is 2.37. The van der Waals surface area contributed by atoms with Crippen LogP contribution in [-0.4, -0.2) is 24.9 Å². The molecule has 0 radical (unpaired) electrons. The first-order chi connectivity index (χ1) is 10.5. The lowest BCUT2D eigenvalue weighted by Crippen LogP contribution is -2.38. The van der Waals surface area contributed by atoms with Crippen LogP contribution in [0.4, 0.5) is 0 Å². The molecule has 0 spiro atoms. The Balaban J connectivity index is 2.36.